The smallest absolute Gasteiger partial charge is 0.299 e. The number of thioether (sulfide) groups is 1. The molecule has 2 unspecified atom stereocenters. The summed E-state index contributed by atoms with van der Waals surface area (Å²) in [7, 11) is 0. The summed E-state index contributed by atoms with van der Waals surface area (Å²) >= 11 is 1.51. The number of aromatic nitrogens is 2. The van der Waals surface area contributed by atoms with Gasteiger partial charge in [-0.05, 0) is 67.8 Å². The minimum absolute atomic E-state index is 0.0339. The van der Waals surface area contributed by atoms with Crippen molar-refractivity contribution in [2.75, 3.05) is 0 Å². The molecule has 0 N–H and O–H groups in total. The van der Waals surface area contributed by atoms with Crippen molar-refractivity contribution in [2.24, 2.45) is 5.92 Å². The average molecular weight is 498 g/mol. The molecule has 0 bridgehead atoms. The SMILES string of the molecule is O=C(CCc1cn(-c2ccc(C(F)(F)F)cc2)nc1C(F)F)C1CCC1Sc1ccc(F)cc1. The topological polar surface area (TPSA) is 34.9 Å². The van der Waals surface area contributed by atoms with Crippen molar-refractivity contribution < 1.29 is 31.1 Å². The fraction of sp³-hybridized carbons (Fsp3) is 0.333. The van der Waals surface area contributed by atoms with Crippen LogP contribution in [-0.2, 0) is 17.4 Å². The zero-order valence-corrected chi connectivity index (χ0v) is 18.6. The second-order valence-electron chi connectivity index (χ2n) is 8.09. The molecule has 180 valence electrons. The molecule has 0 spiro atoms. The van der Waals surface area contributed by atoms with E-state index in [-0.39, 0.29) is 46.9 Å². The number of hydrogen-bond donors (Lipinski definition) is 0. The van der Waals surface area contributed by atoms with Gasteiger partial charge in [0, 0.05) is 34.2 Å². The predicted octanol–water partition coefficient (Wildman–Crippen LogP) is 7.04. The molecule has 1 fully saturated rings. The lowest BCUT2D eigenvalue weighted by Crippen LogP contribution is -2.35. The molecule has 1 aliphatic rings. The second kappa shape index (κ2) is 9.85. The zero-order valence-electron chi connectivity index (χ0n) is 17.7. The highest BCUT2D eigenvalue weighted by atomic mass is 32.2. The highest BCUT2D eigenvalue weighted by Gasteiger charge is 2.37. The maximum absolute atomic E-state index is 13.5. The number of halogens is 6. The van der Waals surface area contributed by atoms with Crippen LogP contribution < -0.4 is 0 Å². The molecule has 1 saturated carbocycles. The summed E-state index contributed by atoms with van der Waals surface area (Å²) in [5.74, 6) is -0.569. The van der Waals surface area contributed by atoms with Crippen LogP contribution in [0.5, 0.6) is 0 Å². The van der Waals surface area contributed by atoms with E-state index in [1.165, 1.54) is 30.1 Å². The predicted molar refractivity (Wildman–Crippen MR) is 116 cm³/mol. The Morgan fingerprint density at radius 2 is 1.74 bits per heavy atom. The molecule has 1 aromatic heterocycles. The largest absolute Gasteiger partial charge is 0.416 e. The first-order chi connectivity index (χ1) is 16.1. The van der Waals surface area contributed by atoms with Crippen molar-refractivity contribution in [3.63, 3.8) is 0 Å². The Kier molecular flexibility index (Phi) is 7.06. The Labute approximate surface area is 196 Å². The number of nitrogens with zero attached hydrogens (tertiary/aromatic N) is 2. The molecule has 2 aromatic carbocycles. The Morgan fingerprint density at radius 3 is 2.29 bits per heavy atom. The fourth-order valence-electron chi connectivity index (χ4n) is 3.84. The molecule has 0 radical (unpaired) electrons. The summed E-state index contributed by atoms with van der Waals surface area (Å²) < 4.78 is 79.6. The molecule has 3 aromatic rings. The van der Waals surface area contributed by atoms with E-state index < -0.39 is 23.9 Å². The van der Waals surface area contributed by atoms with Crippen LogP contribution in [-0.4, -0.2) is 20.8 Å². The van der Waals surface area contributed by atoms with Gasteiger partial charge in [-0.1, -0.05) is 0 Å². The molecule has 0 amide bonds. The molecule has 34 heavy (non-hydrogen) atoms. The Morgan fingerprint density at radius 1 is 1.06 bits per heavy atom. The van der Waals surface area contributed by atoms with Gasteiger partial charge >= 0.3 is 6.18 Å². The first-order valence-corrected chi connectivity index (χ1v) is 11.5. The van der Waals surface area contributed by atoms with Crippen LogP contribution in [0.4, 0.5) is 26.3 Å². The van der Waals surface area contributed by atoms with Crippen LogP contribution in [0.25, 0.3) is 5.69 Å². The standard InChI is InChI=1S/C24H20F6N2OS/c25-16-4-8-18(9-5-16)34-21-12-10-19(21)20(33)11-1-14-13-32(31-22(14)23(26)27)17-6-2-15(3-7-17)24(28,29)30/h2-9,13,19,21,23H,1,10-12H2. The first-order valence-electron chi connectivity index (χ1n) is 10.6. The molecule has 10 heteroatoms. The van der Waals surface area contributed by atoms with E-state index in [0.717, 1.165) is 40.3 Å². The molecule has 1 heterocycles. The van der Waals surface area contributed by atoms with Crippen molar-refractivity contribution in [2.45, 2.75) is 48.4 Å². The minimum Gasteiger partial charge on any atom is -0.299 e. The third-order valence-corrected chi connectivity index (χ3v) is 7.27. The number of aryl methyl sites for hydroxylation is 1. The van der Waals surface area contributed by atoms with E-state index in [0.29, 0.717) is 6.42 Å². The first kappa shape index (κ1) is 24.4. The molecular weight excluding hydrogens is 478 g/mol. The van der Waals surface area contributed by atoms with Crippen LogP contribution in [0.2, 0.25) is 0 Å². The summed E-state index contributed by atoms with van der Waals surface area (Å²) in [6, 6.07) is 10.1. The van der Waals surface area contributed by atoms with E-state index in [4.69, 9.17) is 0 Å². The van der Waals surface area contributed by atoms with Gasteiger partial charge in [0.15, 0.2) is 0 Å². The number of rotatable bonds is 8. The Bertz CT molecular complexity index is 1140. The highest BCUT2D eigenvalue weighted by Crippen LogP contribution is 2.42. The van der Waals surface area contributed by atoms with Gasteiger partial charge in [-0.15, -0.1) is 11.8 Å². The van der Waals surface area contributed by atoms with E-state index in [1.807, 2.05) is 0 Å². The van der Waals surface area contributed by atoms with Crippen molar-refractivity contribution in [3.05, 3.63) is 77.4 Å². The Balaban J connectivity index is 1.41. The molecular formula is C24H20F6N2OS. The van der Waals surface area contributed by atoms with E-state index >= 15 is 0 Å². The van der Waals surface area contributed by atoms with Gasteiger partial charge in [-0.2, -0.15) is 18.3 Å². The average Bonchev–Trinajstić information content (AvgIpc) is 3.21. The molecule has 2 atom stereocenters. The molecule has 0 aliphatic heterocycles. The maximum atomic E-state index is 13.5. The quantitative estimate of drug-likeness (QED) is 0.313. The third-order valence-electron chi connectivity index (χ3n) is 5.85. The van der Waals surface area contributed by atoms with Crippen molar-refractivity contribution in [1.82, 2.24) is 9.78 Å². The van der Waals surface area contributed by atoms with Gasteiger partial charge in [-0.25, -0.2) is 17.9 Å². The number of Topliss-reactive ketones (excluding diaryl/α,β-unsaturated/α-hetero) is 1. The van der Waals surface area contributed by atoms with Crippen LogP contribution in [0.3, 0.4) is 0 Å². The summed E-state index contributed by atoms with van der Waals surface area (Å²) in [5, 5.41) is 3.90. The normalized spacial score (nSPS) is 18.2. The molecule has 3 nitrogen and oxygen atoms in total. The number of benzene rings is 2. The van der Waals surface area contributed by atoms with Crippen molar-refractivity contribution in [1.29, 1.82) is 0 Å². The molecule has 1 aliphatic carbocycles. The number of alkyl halides is 5. The number of hydrogen-bond acceptors (Lipinski definition) is 3. The van der Waals surface area contributed by atoms with Gasteiger partial charge in [0.2, 0.25) is 0 Å². The van der Waals surface area contributed by atoms with E-state index in [2.05, 4.69) is 5.10 Å². The summed E-state index contributed by atoms with van der Waals surface area (Å²) in [5.41, 5.74) is -0.942. The highest BCUT2D eigenvalue weighted by molar-refractivity contribution is 8.00. The number of carbonyl (C=O) groups is 1. The number of ketones is 1. The lowest BCUT2D eigenvalue weighted by atomic mass is 9.80. The molecule has 0 saturated heterocycles. The summed E-state index contributed by atoms with van der Waals surface area (Å²) in [4.78, 5) is 13.6. The van der Waals surface area contributed by atoms with Crippen LogP contribution in [0.15, 0.2) is 59.6 Å². The van der Waals surface area contributed by atoms with Crippen molar-refractivity contribution in [3.8, 4) is 5.69 Å². The third kappa shape index (κ3) is 5.48. The summed E-state index contributed by atoms with van der Waals surface area (Å²) in [6.07, 6.45) is -4.38. The van der Waals surface area contributed by atoms with E-state index in [9.17, 15) is 31.1 Å². The van der Waals surface area contributed by atoms with Gasteiger partial charge in [0.05, 0.1) is 11.3 Å². The van der Waals surface area contributed by atoms with Gasteiger partial charge in [0.25, 0.3) is 6.43 Å². The minimum atomic E-state index is -4.50. The Hall–Kier alpha value is -2.75. The number of carbonyl (C=O) groups excluding carboxylic acids is 1. The molecule has 4 rings (SSSR count). The summed E-state index contributed by atoms with van der Waals surface area (Å²) in [6.45, 7) is 0. The lowest BCUT2D eigenvalue weighted by molar-refractivity contribution is -0.137. The van der Waals surface area contributed by atoms with Crippen LogP contribution in [0.1, 0.15) is 42.5 Å². The van der Waals surface area contributed by atoms with Gasteiger partial charge < -0.3 is 0 Å². The van der Waals surface area contributed by atoms with Crippen molar-refractivity contribution >= 4 is 17.5 Å². The monoisotopic (exact) mass is 498 g/mol. The fourth-order valence-corrected chi connectivity index (χ4v) is 5.19. The van der Waals surface area contributed by atoms with Crippen LogP contribution in [0, 0.1) is 11.7 Å². The van der Waals surface area contributed by atoms with E-state index in [1.54, 1.807) is 12.1 Å². The lowest BCUT2D eigenvalue weighted by Gasteiger charge is -2.35. The van der Waals surface area contributed by atoms with Gasteiger partial charge in [-0.3, -0.25) is 4.79 Å². The van der Waals surface area contributed by atoms with Gasteiger partial charge in [0.1, 0.15) is 17.3 Å². The maximum Gasteiger partial charge on any atom is 0.416 e. The zero-order chi connectivity index (χ0) is 24.5. The van der Waals surface area contributed by atoms with Crippen LogP contribution >= 0.6 is 11.8 Å². The second-order valence-corrected chi connectivity index (χ2v) is 9.40.